The fourth-order valence-electron chi connectivity index (χ4n) is 3.79. The number of halogens is 1. The van der Waals surface area contributed by atoms with Gasteiger partial charge in [-0.1, -0.05) is 17.3 Å². The number of aryl methyl sites for hydroxylation is 1. The molecule has 0 saturated carbocycles. The molecule has 0 bridgehead atoms. The molecule has 1 N–H and O–H groups in total. The van der Waals surface area contributed by atoms with Crippen LogP contribution in [0.1, 0.15) is 24.1 Å². The number of rotatable bonds is 6. The number of aromatic nitrogens is 3. The van der Waals surface area contributed by atoms with Gasteiger partial charge in [-0.3, -0.25) is 19.1 Å². The summed E-state index contributed by atoms with van der Waals surface area (Å²) in [5, 5.41) is 6.97. The molecule has 1 saturated heterocycles. The second-order valence-corrected chi connectivity index (χ2v) is 7.78. The summed E-state index contributed by atoms with van der Waals surface area (Å²) in [6.07, 6.45) is 3.27. The number of hydrogen-bond acceptors (Lipinski definition) is 6. The summed E-state index contributed by atoms with van der Waals surface area (Å²) in [5.41, 5.74) is 1.41. The average molecular weight is 413 g/mol. The van der Waals surface area contributed by atoms with Crippen LogP contribution in [0.25, 0.3) is 11.1 Å². The highest BCUT2D eigenvalue weighted by Crippen LogP contribution is 2.18. The number of amides is 1. The van der Waals surface area contributed by atoms with Crippen LogP contribution >= 0.6 is 0 Å². The summed E-state index contributed by atoms with van der Waals surface area (Å²) >= 11 is 0. The molecule has 4 rings (SSSR count). The summed E-state index contributed by atoms with van der Waals surface area (Å²) < 4.78 is 19.3. The molecule has 0 spiro atoms. The van der Waals surface area contributed by atoms with E-state index in [0.29, 0.717) is 23.5 Å². The van der Waals surface area contributed by atoms with Gasteiger partial charge >= 0.3 is 0 Å². The molecule has 0 unspecified atom stereocenters. The van der Waals surface area contributed by atoms with Crippen molar-refractivity contribution in [1.29, 1.82) is 0 Å². The van der Waals surface area contributed by atoms with Crippen molar-refractivity contribution in [2.24, 2.45) is 5.92 Å². The number of carbonyl (C=O) groups is 1. The van der Waals surface area contributed by atoms with Crippen molar-refractivity contribution in [2.75, 3.05) is 19.6 Å². The fraction of sp³-hybridized carbons (Fsp3) is 0.429. The predicted octanol–water partition coefficient (Wildman–Crippen LogP) is 1.86. The van der Waals surface area contributed by atoms with Crippen molar-refractivity contribution in [3.63, 3.8) is 0 Å². The lowest BCUT2D eigenvalue weighted by molar-refractivity contribution is -0.122. The predicted molar refractivity (Wildman–Crippen MR) is 108 cm³/mol. The van der Waals surface area contributed by atoms with Crippen LogP contribution in [-0.2, 0) is 17.9 Å². The highest BCUT2D eigenvalue weighted by Gasteiger charge is 2.20. The molecule has 8 nitrogen and oxygen atoms in total. The van der Waals surface area contributed by atoms with Crippen molar-refractivity contribution in [3.05, 3.63) is 58.0 Å². The number of hydrogen-bond donors (Lipinski definition) is 1. The zero-order valence-corrected chi connectivity index (χ0v) is 16.8. The van der Waals surface area contributed by atoms with E-state index in [0.717, 1.165) is 38.0 Å². The maximum Gasteiger partial charge on any atom is 0.267 e. The Morgan fingerprint density at radius 3 is 2.73 bits per heavy atom. The van der Waals surface area contributed by atoms with Gasteiger partial charge in [-0.05, 0) is 56.5 Å². The fourth-order valence-corrected chi connectivity index (χ4v) is 3.79. The number of fused-ring (bicyclic) bond motifs is 1. The van der Waals surface area contributed by atoms with Crippen LogP contribution in [-0.4, -0.2) is 45.1 Å². The van der Waals surface area contributed by atoms with Crippen LogP contribution in [0.3, 0.4) is 0 Å². The number of nitrogens with one attached hydrogen (secondary N) is 1. The second kappa shape index (κ2) is 8.74. The third-order valence-corrected chi connectivity index (χ3v) is 5.56. The average Bonchev–Trinajstić information content (AvgIpc) is 3.13. The second-order valence-electron chi connectivity index (χ2n) is 7.78. The van der Waals surface area contributed by atoms with Crippen LogP contribution in [0.2, 0.25) is 0 Å². The van der Waals surface area contributed by atoms with Crippen molar-refractivity contribution < 1.29 is 13.7 Å². The molecular formula is C21H24FN5O3. The summed E-state index contributed by atoms with van der Waals surface area (Å²) in [6, 6.07) is 6.61. The number of carbonyl (C=O) groups excluding carboxylic acids is 1. The van der Waals surface area contributed by atoms with E-state index in [2.05, 4.69) is 20.4 Å². The van der Waals surface area contributed by atoms with Crippen molar-refractivity contribution in [2.45, 2.75) is 32.9 Å². The first-order chi connectivity index (χ1) is 14.5. The molecule has 1 aliphatic heterocycles. The Morgan fingerprint density at radius 1 is 1.27 bits per heavy atom. The highest BCUT2D eigenvalue weighted by molar-refractivity contribution is 5.77. The molecule has 3 aromatic rings. The topological polar surface area (TPSA) is 93.3 Å². The largest absolute Gasteiger partial charge is 0.354 e. The zero-order chi connectivity index (χ0) is 21.1. The van der Waals surface area contributed by atoms with E-state index < -0.39 is 0 Å². The summed E-state index contributed by atoms with van der Waals surface area (Å²) in [6.45, 7) is 4.84. The number of nitrogens with zero attached hydrogens (tertiary/aromatic N) is 4. The number of benzene rings is 1. The monoisotopic (exact) mass is 413 g/mol. The van der Waals surface area contributed by atoms with E-state index >= 15 is 0 Å². The van der Waals surface area contributed by atoms with Gasteiger partial charge in [0.1, 0.15) is 24.1 Å². The van der Waals surface area contributed by atoms with E-state index in [1.165, 1.54) is 23.0 Å². The quantitative estimate of drug-likeness (QED) is 0.663. The van der Waals surface area contributed by atoms with Crippen molar-refractivity contribution >= 4 is 17.0 Å². The summed E-state index contributed by atoms with van der Waals surface area (Å²) in [4.78, 5) is 31.2. The Kier molecular flexibility index (Phi) is 5.89. The molecule has 9 heteroatoms. The van der Waals surface area contributed by atoms with E-state index in [1.807, 2.05) is 12.1 Å². The Hall–Kier alpha value is -3.07. The maximum absolute atomic E-state index is 13.0. The number of likely N-dealkylation sites (tertiary alicyclic amines) is 1. The Labute approximate surface area is 172 Å². The summed E-state index contributed by atoms with van der Waals surface area (Å²) in [7, 11) is 0. The van der Waals surface area contributed by atoms with E-state index in [-0.39, 0.29) is 29.5 Å². The molecule has 3 heterocycles. The van der Waals surface area contributed by atoms with Crippen LogP contribution in [0.15, 0.2) is 39.9 Å². The van der Waals surface area contributed by atoms with E-state index in [9.17, 15) is 14.0 Å². The van der Waals surface area contributed by atoms with Gasteiger partial charge in [0.25, 0.3) is 11.3 Å². The lowest BCUT2D eigenvalue weighted by atomic mass is 9.96. The summed E-state index contributed by atoms with van der Waals surface area (Å²) in [5.74, 6) is -0.0418. The van der Waals surface area contributed by atoms with Gasteiger partial charge in [-0.25, -0.2) is 9.37 Å². The smallest absolute Gasteiger partial charge is 0.267 e. The van der Waals surface area contributed by atoms with Crippen LogP contribution in [0, 0.1) is 18.7 Å². The molecule has 158 valence electrons. The SMILES string of the molecule is Cc1noc2ncn(CC(=O)NCC3CCN(Cc4ccc(F)cc4)CC3)c(=O)c12. The highest BCUT2D eigenvalue weighted by atomic mass is 19.1. The zero-order valence-electron chi connectivity index (χ0n) is 16.8. The third kappa shape index (κ3) is 4.56. The van der Waals surface area contributed by atoms with Gasteiger partial charge in [0.2, 0.25) is 5.91 Å². The third-order valence-electron chi connectivity index (χ3n) is 5.56. The van der Waals surface area contributed by atoms with Crippen LogP contribution in [0.5, 0.6) is 0 Å². The molecule has 0 aliphatic carbocycles. The van der Waals surface area contributed by atoms with E-state index in [4.69, 9.17) is 4.52 Å². The van der Waals surface area contributed by atoms with Crippen LogP contribution < -0.4 is 10.9 Å². The molecule has 1 fully saturated rings. The van der Waals surface area contributed by atoms with Crippen LogP contribution in [0.4, 0.5) is 4.39 Å². The van der Waals surface area contributed by atoms with Gasteiger partial charge in [0.05, 0.1) is 5.69 Å². The molecule has 1 aliphatic rings. The Morgan fingerprint density at radius 2 is 2.00 bits per heavy atom. The first-order valence-electron chi connectivity index (χ1n) is 10.0. The van der Waals surface area contributed by atoms with E-state index in [1.54, 1.807) is 6.92 Å². The van der Waals surface area contributed by atoms with Gasteiger partial charge in [0.15, 0.2) is 0 Å². The minimum atomic E-state index is -0.331. The lowest BCUT2D eigenvalue weighted by Gasteiger charge is -2.32. The molecule has 1 aromatic carbocycles. The Balaban J connectivity index is 1.24. The number of piperidine rings is 1. The molecule has 0 radical (unpaired) electrons. The van der Waals surface area contributed by atoms with Crippen molar-refractivity contribution in [3.8, 4) is 0 Å². The lowest BCUT2D eigenvalue weighted by Crippen LogP contribution is -2.40. The van der Waals surface area contributed by atoms with Gasteiger partial charge < -0.3 is 9.84 Å². The Bertz CT molecular complexity index is 1080. The molecule has 0 atom stereocenters. The normalized spacial score (nSPS) is 15.5. The first kappa shape index (κ1) is 20.2. The minimum Gasteiger partial charge on any atom is -0.354 e. The standard InChI is InChI=1S/C21H24FN5O3/c1-14-19-20(30-25-14)24-13-27(21(19)29)12-18(28)23-10-15-6-8-26(9-7-15)11-16-2-4-17(22)5-3-16/h2-5,13,15H,6-12H2,1H3,(H,23,28). The molecule has 2 aromatic heterocycles. The van der Waals surface area contributed by atoms with Crippen molar-refractivity contribution in [1.82, 2.24) is 24.9 Å². The first-order valence-corrected chi connectivity index (χ1v) is 10.0. The van der Waals surface area contributed by atoms with Gasteiger partial charge in [0, 0.05) is 13.1 Å². The van der Waals surface area contributed by atoms with Gasteiger partial charge in [-0.15, -0.1) is 0 Å². The molecule has 1 amide bonds. The maximum atomic E-state index is 13.0. The molecule has 30 heavy (non-hydrogen) atoms. The molecular weight excluding hydrogens is 389 g/mol. The van der Waals surface area contributed by atoms with Gasteiger partial charge in [-0.2, -0.15) is 0 Å². The minimum absolute atomic E-state index is 0.0875.